The van der Waals surface area contributed by atoms with E-state index in [0.29, 0.717) is 35.2 Å². The summed E-state index contributed by atoms with van der Waals surface area (Å²) in [5.74, 6) is 2.74. The summed E-state index contributed by atoms with van der Waals surface area (Å²) in [5, 5.41) is 0. The molecule has 0 saturated heterocycles. The van der Waals surface area contributed by atoms with Gasteiger partial charge in [0.15, 0.2) is 17.3 Å². The van der Waals surface area contributed by atoms with Crippen molar-refractivity contribution in [3.8, 4) is 23.0 Å². The van der Waals surface area contributed by atoms with Gasteiger partial charge in [0.05, 0.1) is 7.11 Å². The van der Waals surface area contributed by atoms with Gasteiger partial charge < -0.3 is 18.9 Å². The van der Waals surface area contributed by atoms with Crippen LogP contribution in [0.25, 0.3) is 0 Å². The lowest BCUT2D eigenvalue weighted by Crippen LogP contribution is -2.02. The highest BCUT2D eigenvalue weighted by atomic mass is 16.7. The predicted octanol–water partition coefficient (Wildman–Crippen LogP) is 3.21. The Bertz CT molecular complexity index is 708. The predicted molar refractivity (Wildman–Crippen MR) is 79.9 cm³/mol. The first-order chi connectivity index (χ1) is 10.7. The van der Waals surface area contributed by atoms with Gasteiger partial charge in [0, 0.05) is 17.2 Å². The highest BCUT2D eigenvalue weighted by Crippen LogP contribution is 2.35. The van der Waals surface area contributed by atoms with E-state index < -0.39 is 0 Å². The number of rotatable bonds is 5. The van der Waals surface area contributed by atoms with E-state index in [0.717, 1.165) is 5.56 Å². The van der Waals surface area contributed by atoms with Crippen molar-refractivity contribution in [1.82, 2.24) is 0 Å². The van der Waals surface area contributed by atoms with E-state index in [4.69, 9.17) is 18.9 Å². The maximum Gasteiger partial charge on any atom is 0.231 e. The Morgan fingerprint density at radius 3 is 2.73 bits per heavy atom. The maximum absolute atomic E-state index is 11.5. The van der Waals surface area contributed by atoms with Crippen molar-refractivity contribution in [2.75, 3.05) is 13.9 Å². The molecule has 22 heavy (non-hydrogen) atoms. The summed E-state index contributed by atoms with van der Waals surface area (Å²) in [6.07, 6.45) is 0. The van der Waals surface area contributed by atoms with Crippen LogP contribution in [0.3, 0.4) is 0 Å². The molecule has 0 saturated carbocycles. The minimum atomic E-state index is 0.00647. The number of ketones is 1. The first-order valence-corrected chi connectivity index (χ1v) is 6.87. The van der Waals surface area contributed by atoms with E-state index in [1.165, 1.54) is 6.92 Å². The third-order valence-corrected chi connectivity index (χ3v) is 3.43. The molecule has 1 aliphatic heterocycles. The molecule has 0 N–H and O–H groups in total. The van der Waals surface area contributed by atoms with Crippen molar-refractivity contribution < 1.29 is 23.7 Å². The smallest absolute Gasteiger partial charge is 0.231 e. The average molecular weight is 300 g/mol. The Hall–Kier alpha value is -2.69. The Labute approximate surface area is 128 Å². The molecule has 5 nitrogen and oxygen atoms in total. The second kappa shape index (κ2) is 5.97. The molecule has 0 fully saturated rings. The van der Waals surface area contributed by atoms with Gasteiger partial charge in [-0.2, -0.15) is 0 Å². The average Bonchev–Trinajstić information content (AvgIpc) is 3.00. The number of hydrogen-bond acceptors (Lipinski definition) is 5. The molecule has 0 spiro atoms. The van der Waals surface area contributed by atoms with Crippen LogP contribution in [0.15, 0.2) is 36.4 Å². The minimum Gasteiger partial charge on any atom is -0.496 e. The summed E-state index contributed by atoms with van der Waals surface area (Å²) in [7, 11) is 1.59. The molecule has 0 bridgehead atoms. The largest absolute Gasteiger partial charge is 0.496 e. The minimum absolute atomic E-state index is 0.00647. The number of hydrogen-bond donors (Lipinski definition) is 0. The van der Waals surface area contributed by atoms with Gasteiger partial charge in [-0.15, -0.1) is 0 Å². The molecule has 0 atom stereocenters. The molecule has 0 radical (unpaired) electrons. The number of benzene rings is 2. The molecule has 2 aromatic rings. The van der Waals surface area contributed by atoms with Gasteiger partial charge in [-0.1, -0.05) is 0 Å². The summed E-state index contributed by atoms with van der Waals surface area (Å²) >= 11 is 0. The van der Waals surface area contributed by atoms with E-state index in [9.17, 15) is 4.79 Å². The van der Waals surface area contributed by atoms with Crippen LogP contribution in [0.4, 0.5) is 0 Å². The van der Waals surface area contributed by atoms with Crippen LogP contribution >= 0.6 is 0 Å². The van der Waals surface area contributed by atoms with Crippen LogP contribution in [0, 0.1) is 0 Å². The second-order valence-electron chi connectivity index (χ2n) is 4.89. The number of methoxy groups -OCH3 is 1. The first-order valence-electron chi connectivity index (χ1n) is 6.87. The molecule has 1 heterocycles. The zero-order valence-corrected chi connectivity index (χ0v) is 12.4. The molecule has 3 rings (SSSR count). The molecule has 114 valence electrons. The van der Waals surface area contributed by atoms with Gasteiger partial charge in [-0.05, 0) is 37.3 Å². The number of fused-ring (bicyclic) bond motifs is 1. The number of carbonyl (C=O) groups is 1. The van der Waals surface area contributed by atoms with Crippen molar-refractivity contribution in [3.05, 3.63) is 47.5 Å². The van der Waals surface area contributed by atoms with Gasteiger partial charge >= 0.3 is 0 Å². The standard InChI is InChI=1S/C17H16O5/c1-11(18)12-3-5-15(19-2)13(7-12)9-20-14-4-6-16-17(8-14)22-10-21-16/h3-8H,9-10H2,1-2H3. The molecule has 2 aromatic carbocycles. The van der Waals surface area contributed by atoms with Gasteiger partial charge in [-0.25, -0.2) is 0 Å². The van der Waals surface area contributed by atoms with E-state index in [1.54, 1.807) is 37.4 Å². The van der Waals surface area contributed by atoms with Crippen molar-refractivity contribution in [3.63, 3.8) is 0 Å². The fourth-order valence-electron chi connectivity index (χ4n) is 2.24. The zero-order chi connectivity index (χ0) is 15.5. The molecule has 0 unspecified atom stereocenters. The monoisotopic (exact) mass is 300 g/mol. The Balaban J connectivity index is 1.78. The van der Waals surface area contributed by atoms with Crippen LogP contribution < -0.4 is 18.9 Å². The van der Waals surface area contributed by atoms with Gasteiger partial charge in [0.2, 0.25) is 6.79 Å². The van der Waals surface area contributed by atoms with Crippen molar-refractivity contribution in [2.24, 2.45) is 0 Å². The molecule has 0 aliphatic carbocycles. The van der Waals surface area contributed by atoms with Gasteiger partial charge in [0.25, 0.3) is 0 Å². The second-order valence-corrected chi connectivity index (χ2v) is 4.89. The quantitative estimate of drug-likeness (QED) is 0.794. The van der Waals surface area contributed by atoms with E-state index in [2.05, 4.69) is 0 Å². The highest BCUT2D eigenvalue weighted by Gasteiger charge is 2.14. The summed E-state index contributed by atoms with van der Waals surface area (Å²) in [4.78, 5) is 11.5. The van der Waals surface area contributed by atoms with Crippen LogP contribution in [-0.2, 0) is 6.61 Å². The summed E-state index contributed by atoms with van der Waals surface area (Å²) in [6.45, 7) is 2.06. The summed E-state index contributed by atoms with van der Waals surface area (Å²) < 4.78 is 21.6. The lowest BCUT2D eigenvalue weighted by molar-refractivity contribution is 0.101. The summed E-state index contributed by atoms with van der Waals surface area (Å²) in [5.41, 5.74) is 1.44. The van der Waals surface area contributed by atoms with Crippen molar-refractivity contribution in [2.45, 2.75) is 13.5 Å². The first kappa shape index (κ1) is 14.3. The van der Waals surface area contributed by atoms with Crippen LogP contribution in [0.1, 0.15) is 22.8 Å². The molecular weight excluding hydrogens is 284 g/mol. The number of carbonyl (C=O) groups excluding carboxylic acids is 1. The molecular formula is C17H16O5. The number of ether oxygens (including phenoxy) is 4. The lowest BCUT2D eigenvalue weighted by Gasteiger charge is -2.11. The Morgan fingerprint density at radius 2 is 1.95 bits per heavy atom. The van der Waals surface area contributed by atoms with E-state index in [1.807, 2.05) is 6.07 Å². The Morgan fingerprint density at radius 1 is 1.14 bits per heavy atom. The fourth-order valence-corrected chi connectivity index (χ4v) is 2.24. The summed E-state index contributed by atoms with van der Waals surface area (Å²) in [6, 6.07) is 10.7. The molecule has 1 aliphatic rings. The van der Waals surface area contributed by atoms with Crippen molar-refractivity contribution in [1.29, 1.82) is 0 Å². The molecule has 5 heteroatoms. The fraction of sp³-hybridized carbons (Fsp3) is 0.235. The van der Waals surface area contributed by atoms with Gasteiger partial charge in [-0.3, -0.25) is 4.79 Å². The van der Waals surface area contributed by atoms with Crippen LogP contribution in [0.2, 0.25) is 0 Å². The topological polar surface area (TPSA) is 54.0 Å². The maximum atomic E-state index is 11.5. The lowest BCUT2D eigenvalue weighted by atomic mass is 10.1. The third kappa shape index (κ3) is 2.83. The van der Waals surface area contributed by atoms with Crippen LogP contribution in [-0.4, -0.2) is 19.7 Å². The third-order valence-electron chi connectivity index (χ3n) is 3.43. The highest BCUT2D eigenvalue weighted by molar-refractivity contribution is 5.94. The van der Waals surface area contributed by atoms with Gasteiger partial charge in [0.1, 0.15) is 18.1 Å². The zero-order valence-electron chi connectivity index (χ0n) is 12.4. The Kier molecular flexibility index (Phi) is 3.87. The normalized spacial score (nSPS) is 12.1. The molecule has 0 amide bonds. The van der Waals surface area contributed by atoms with Crippen molar-refractivity contribution >= 4 is 5.78 Å². The SMILES string of the molecule is COc1ccc(C(C)=O)cc1COc1ccc2c(c1)OCO2. The number of Topliss-reactive ketones (excluding diaryl/α,β-unsaturated/α-hetero) is 1. The van der Waals surface area contributed by atoms with E-state index in [-0.39, 0.29) is 12.6 Å². The van der Waals surface area contributed by atoms with Crippen LogP contribution in [0.5, 0.6) is 23.0 Å². The van der Waals surface area contributed by atoms with E-state index >= 15 is 0 Å². The molecule has 0 aromatic heterocycles.